The lowest BCUT2D eigenvalue weighted by Crippen LogP contribution is -2.66. The van der Waals surface area contributed by atoms with Gasteiger partial charge in [0.15, 0.2) is 8.32 Å². The van der Waals surface area contributed by atoms with Crippen molar-refractivity contribution in [1.82, 2.24) is 0 Å². The fraction of sp³-hybridized carbons (Fsp3) is 0.571. The summed E-state index contributed by atoms with van der Waals surface area (Å²) in [5.74, 6) is 0. The molecule has 0 aromatic heterocycles. The Balaban J connectivity index is 1.86. The van der Waals surface area contributed by atoms with Crippen molar-refractivity contribution in [3.8, 4) is 0 Å². The standard InChI is InChI=1S/C28H44O3Si2/c1-7-32(8-2,9-3)31-24(22-25-23-29-25)20-21-30-33(28(4,5)6,26-16-12-10-13-17-26)27-18-14-11-15-19-27/h10-19,24-25H,7-9,20-23H2,1-6H3/t24-,25-/m1/s1. The van der Waals surface area contributed by atoms with Crippen LogP contribution in [-0.4, -0.2) is 42.1 Å². The normalized spacial score (nSPS) is 17.7. The molecule has 0 saturated carbocycles. The van der Waals surface area contributed by atoms with Gasteiger partial charge in [0.05, 0.1) is 12.7 Å². The predicted octanol–water partition coefficient (Wildman–Crippen LogP) is 6.13. The summed E-state index contributed by atoms with van der Waals surface area (Å²) in [6.07, 6.45) is 2.53. The van der Waals surface area contributed by atoms with Crippen LogP contribution >= 0.6 is 0 Å². The number of hydrogen-bond acceptors (Lipinski definition) is 3. The van der Waals surface area contributed by atoms with E-state index in [9.17, 15) is 0 Å². The van der Waals surface area contributed by atoms with Gasteiger partial charge in [0.1, 0.15) is 0 Å². The van der Waals surface area contributed by atoms with Crippen molar-refractivity contribution in [2.24, 2.45) is 0 Å². The average molecular weight is 485 g/mol. The number of epoxide rings is 1. The summed E-state index contributed by atoms with van der Waals surface area (Å²) in [7, 11) is -4.18. The maximum absolute atomic E-state index is 7.15. The van der Waals surface area contributed by atoms with Crippen LogP contribution in [0.3, 0.4) is 0 Å². The minimum absolute atomic E-state index is 0.000424. The van der Waals surface area contributed by atoms with Crippen molar-refractivity contribution in [3.05, 3.63) is 60.7 Å². The Morgan fingerprint density at radius 2 is 1.36 bits per heavy atom. The molecule has 1 heterocycles. The van der Waals surface area contributed by atoms with Gasteiger partial charge in [-0.3, -0.25) is 0 Å². The minimum atomic E-state index is -2.50. The molecule has 0 amide bonds. The second kappa shape index (κ2) is 11.5. The first-order valence-electron chi connectivity index (χ1n) is 12.8. The molecule has 5 heteroatoms. The van der Waals surface area contributed by atoms with Crippen molar-refractivity contribution in [1.29, 1.82) is 0 Å². The topological polar surface area (TPSA) is 31.0 Å². The number of ether oxygens (including phenoxy) is 1. The molecule has 0 radical (unpaired) electrons. The minimum Gasteiger partial charge on any atom is -0.414 e. The van der Waals surface area contributed by atoms with E-state index in [4.69, 9.17) is 13.6 Å². The van der Waals surface area contributed by atoms with Crippen LogP contribution in [0.15, 0.2) is 60.7 Å². The van der Waals surface area contributed by atoms with Crippen LogP contribution in [0.4, 0.5) is 0 Å². The van der Waals surface area contributed by atoms with Crippen LogP contribution in [-0.2, 0) is 13.6 Å². The third-order valence-corrected chi connectivity index (χ3v) is 17.2. The number of rotatable bonds is 13. The third-order valence-electron chi connectivity index (χ3n) is 7.45. The van der Waals surface area contributed by atoms with Crippen molar-refractivity contribution >= 4 is 27.0 Å². The smallest absolute Gasteiger partial charge is 0.261 e. The quantitative estimate of drug-likeness (QED) is 0.253. The lowest BCUT2D eigenvalue weighted by atomic mass is 10.1. The zero-order valence-electron chi connectivity index (χ0n) is 21.6. The Bertz CT molecular complexity index is 779. The molecule has 1 saturated heterocycles. The lowest BCUT2D eigenvalue weighted by molar-refractivity contribution is 0.129. The summed E-state index contributed by atoms with van der Waals surface area (Å²) in [4.78, 5) is 0. The van der Waals surface area contributed by atoms with E-state index in [1.54, 1.807) is 0 Å². The van der Waals surface area contributed by atoms with Gasteiger partial charge >= 0.3 is 0 Å². The van der Waals surface area contributed by atoms with Crippen LogP contribution < -0.4 is 10.4 Å². The Morgan fingerprint density at radius 1 is 0.879 bits per heavy atom. The highest BCUT2D eigenvalue weighted by atomic mass is 28.4. The highest BCUT2D eigenvalue weighted by molar-refractivity contribution is 6.99. The van der Waals surface area contributed by atoms with E-state index >= 15 is 0 Å². The molecule has 3 nitrogen and oxygen atoms in total. The van der Waals surface area contributed by atoms with Gasteiger partial charge in [-0.15, -0.1) is 0 Å². The summed E-state index contributed by atoms with van der Waals surface area (Å²) in [6, 6.07) is 25.4. The zero-order valence-corrected chi connectivity index (χ0v) is 23.6. The highest BCUT2D eigenvalue weighted by Gasteiger charge is 2.50. The Kier molecular flexibility index (Phi) is 9.15. The molecule has 2 atom stereocenters. The molecule has 0 N–H and O–H groups in total. The first-order valence-corrected chi connectivity index (χ1v) is 17.3. The average Bonchev–Trinajstić information content (AvgIpc) is 3.64. The van der Waals surface area contributed by atoms with Gasteiger partial charge in [-0.05, 0) is 40.0 Å². The Labute approximate surface area is 204 Å². The second-order valence-corrected chi connectivity index (χ2v) is 19.5. The van der Waals surface area contributed by atoms with Gasteiger partial charge < -0.3 is 13.6 Å². The zero-order chi connectivity index (χ0) is 24.0. The van der Waals surface area contributed by atoms with Gasteiger partial charge in [-0.25, -0.2) is 0 Å². The van der Waals surface area contributed by atoms with Crippen LogP contribution in [0.2, 0.25) is 23.2 Å². The molecular weight excluding hydrogens is 440 g/mol. The van der Waals surface area contributed by atoms with Crippen LogP contribution in [0.1, 0.15) is 54.4 Å². The van der Waals surface area contributed by atoms with E-state index in [-0.39, 0.29) is 11.1 Å². The van der Waals surface area contributed by atoms with E-state index in [0.717, 1.165) is 19.4 Å². The fourth-order valence-electron chi connectivity index (χ4n) is 5.18. The molecule has 33 heavy (non-hydrogen) atoms. The van der Waals surface area contributed by atoms with Gasteiger partial charge in [-0.1, -0.05) is 102 Å². The lowest BCUT2D eigenvalue weighted by Gasteiger charge is -2.43. The summed E-state index contributed by atoms with van der Waals surface area (Å²) >= 11 is 0. The third kappa shape index (κ3) is 6.26. The number of hydrogen-bond donors (Lipinski definition) is 0. The number of benzene rings is 2. The monoisotopic (exact) mass is 484 g/mol. The van der Waals surface area contributed by atoms with E-state index in [0.29, 0.717) is 12.7 Å². The summed E-state index contributed by atoms with van der Waals surface area (Å²) in [6.45, 7) is 15.5. The van der Waals surface area contributed by atoms with Crippen LogP contribution in [0, 0.1) is 0 Å². The van der Waals surface area contributed by atoms with Gasteiger partial charge in [0, 0.05) is 19.1 Å². The molecule has 1 fully saturated rings. The Hall–Kier alpha value is -1.25. The van der Waals surface area contributed by atoms with Gasteiger partial charge in [-0.2, -0.15) is 0 Å². The molecule has 0 aliphatic carbocycles. The van der Waals surface area contributed by atoms with Crippen molar-refractivity contribution < 1.29 is 13.6 Å². The molecule has 0 unspecified atom stereocenters. The molecule has 2 aromatic carbocycles. The van der Waals surface area contributed by atoms with E-state index in [1.165, 1.54) is 28.5 Å². The molecule has 0 spiro atoms. The van der Waals surface area contributed by atoms with Crippen molar-refractivity contribution in [2.45, 2.75) is 89.8 Å². The van der Waals surface area contributed by atoms with E-state index in [1.807, 2.05) is 0 Å². The summed E-state index contributed by atoms with van der Waals surface area (Å²) in [5.41, 5.74) is 0. The molecular formula is C28H44O3Si2. The highest BCUT2D eigenvalue weighted by Crippen LogP contribution is 2.37. The molecule has 2 aromatic rings. The van der Waals surface area contributed by atoms with Crippen LogP contribution in [0.5, 0.6) is 0 Å². The molecule has 1 aliphatic heterocycles. The largest absolute Gasteiger partial charge is 0.414 e. The maximum atomic E-state index is 7.15. The van der Waals surface area contributed by atoms with Crippen molar-refractivity contribution in [2.75, 3.05) is 13.2 Å². The maximum Gasteiger partial charge on any atom is 0.261 e. The Morgan fingerprint density at radius 3 is 1.76 bits per heavy atom. The molecule has 1 aliphatic rings. The van der Waals surface area contributed by atoms with Crippen LogP contribution in [0.25, 0.3) is 0 Å². The first-order chi connectivity index (χ1) is 15.8. The molecule has 3 rings (SSSR count). The fourth-order valence-corrected chi connectivity index (χ4v) is 12.7. The summed E-state index contributed by atoms with van der Waals surface area (Å²) < 4.78 is 19.7. The van der Waals surface area contributed by atoms with Crippen molar-refractivity contribution in [3.63, 3.8) is 0 Å². The van der Waals surface area contributed by atoms with E-state index < -0.39 is 16.6 Å². The van der Waals surface area contributed by atoms with Gasteiger partial charge in [0.25, 0.3) is 8.32 Å². The SMILES string of the molecule is CC[Si](CC)(CC)O[C@H](CCO[Si](c1ccccc1)(c1ccccc1)C(C)(C)C)C[C@@H]1CO1. The van der Waals surface area contributed by atoms with Gasteiger partial charge in [0.2, 0.25) is 0 Å². The van der Waals surface area contributed by atoms with E-state index in [2.05, 4.69) is 102 Å². The first kappa shape index (κ1) is 26.4. The molecule has 0 bridgehead atoms. The molecule has 182 valence electrons. The second-order valence-electron chi connectivity index (χ2n) is 10.5. The predicted molar refractivity (Wildman–Crippen MR) is 145 cm³/mol. The summed E-state index contributed by atoms with van der Waals surface area (Å²) in [5, 5.41) is 2.68.